The van der Waals surface area contributed by atoms with Crippen LogP contribution in [0.15, 0.2) is 54.9 Å². The smallest absolute Gasteiger partial charge is 0.230 e. The molecule has 27 heavy (non-hydrogen) atoms. The monoisotopic (exact) mass is 361 g/mol. The number of benzene rings is 1. The van der Waals surface area contributed by atoms with Crippen LogP contribution in [0.4, 0.5) is 5.82 Å². The normalized spacial score (nSPS) is 12.2. The third-order valence-electron chi connectivity index (χ3n) is 4.46. The minimum Gasteiger partial charge on any atom is -0.489 e. The van der Waals surface area contributed by atoms with E-state index in [0.29, 0.717) is 30.5 Å². The van der Waals surface area contributed by atoms with Crippen molar-refractivity contribution >= 4 is 11.7 Å². The Morgan fingerprint density at radius 1 is 1.15 bits per heavy atom. The molecular weight excluding hydrogens is 342 g/mol. The first-order chi connectivity index (χ1) is 13.2. The van der Waals surface area contributed by atoms with Gasteiger partial charge in [-0.2, -0.15) is 0 Å². The number of hydrogen-bond donors (Lipinski definition) is 1. The highest BCUT2D eigenvalue weighted by Crippen LogP contribution is 2.39. The number of hydrogen-bond acceptors (Lipinski definition) is 5. The first-order valence-electron chi connectivity index (χ1n) is 8.73. The van der Waals surface area contributed by atoms with Crippen molar-refractivity contribution in [3.05, 3.63) is 66.0 Å². The summed E-state index contributed by atoms with van der Waals surface area (Å²) >= 11 is 0. The molecule has 1 amide bonds. The third-order valence-corrected chi connectivity index (χ3v) is 4.46. The predicted octanol–water partition coefficient (Wildman–Crippen LogP) is 3.27. The highest BCUT2D eigenvalue weighted by Gasteiger charge is 2.23. The number of carbonyl (C=O) groups excluding carboxylic acids is 1. The van der Waals surface area contributed by atoms with Gasteiger partial charge in [-0.3, -0.25) is 4.79 Å². The van der Waals surface area contributed by atoms with E-state index in [1.807, 2.05) is 42.5 Å². The Kier molecular flexibility index (Phi) is 4.70. The van der Waals surface area contributed by atoms with Crippen molar-refractivity contribution in [1.29, 1.82) is 0 Å². The Labute approximate surface area is 157 Å². The fourth-order valence-electron chi connectivity index (χ4n) is 3.15. The van der Waals surface area contributed by atoms with Crippen LogP contribution in [0.25, 0.3) is 11.1 Å². The largest absolute Gasteiger partial charge is 0.489 e. The molecule has 136 valence electrons. The van der Waals surface area contributed by atoms with Crippen LogP contribution in [0.1, 0.15) is 11.1 Å². The van der Waals surface area contributed by atoms with Gasteiger partial charge in [-0.25, -0.2) is 9.97 Å². The molecule has 0 saturated heterocycles. The number of carbonyl (C=O) groups is 1. The summed E-state index contributed by atoms with van der Waals surface area (Å²) in [4.78, 5) is 21.1. The van der Waals surface area contributed by atoms with E-state index in [1.165, 1.54) is 0 Å². The Morgan fingerprint density at radius 3 is 2.74 bits per heavy atom. The fourth-order valence-corrected chi connectivity index (χ4v) is 3.15. The first kappa shape index (κ1) is 17.0. The topological polar surface area (TPSA) is 73.3 Å². The maximum atomic E-state index is 12.4. The van der Waals surface area contributed by atoms with Crippen molar-refractivity contribution in [3.63, 3.8) is 0 Å². The molecule has 3 heterocycles. The number of ether oxygens (including phenoxy) is 2. The lowest BCUT2D eigenvalue weighted by atomic mass is 10.0. The van der Waals surface area contributed by atoms with Gasteiger partial charge in [0.2, 0.25) is 11.8 Å². The zero-order valence-corrected chi connectivity index (χ0v) is 14.9. The van der Waals surface area contributed by atoms with Crippen molar-refractivity contribution in [1.82, 2.24) is 9.97 Å². The molecule has 1 N–H and O–H groups in total. The quantitative estimate of drug-likeness (QED) is 0.755. The second-order valence-corrected chi connectivity index (χ2v) is 6.23. The van der Waals surface area contributed by atoms with E-state index in [0.717, 1.165) is 28.7 Å². The van der Waals surface area contributed by atoms with Gasteiger partial charge in [0.1, 0.15) is 0 Å². The van der Waals surface area contributed by atoms with Gasteiger partial charge in [0.15, 0.2) is 11.6 Å². The number of nitrogens with zero attached hydrogens (tertiary/aromatic N) is 2. The standard InChI is InChI=1S/C21H19N3O3/c1-26-19-8-7-15(12-22-19)17-13-23-21(20-16(17)9-10-27-20)24-18(25)11-14-5-3-2-4-6-14/h2-8,12-13H,9-11H2,1H3,(H,23,24,25). The fraction of sp³-hybridized carbons (Fsp3) is 0.190. The Balaban J connectivity index is 1.58. The highest BCUT2D eigenvalue weighted by atomic mass is 16.5. The molecule has 0 aliphatic carbocycles. The average Bonchev–Trinajstić information content (AvgIpc) is 3.19. The highest BCUT2D eigenvalue weighted by molar-refractivity contribution is 5.93. The molecule has 0 spiro atoms. The van der Waals surface area contributed by atoms with Crippen LogP contribution in [-0.4, -0.2) is 29.6 Å². The van der Waals surface area contributed by atoms with Gasteiger partial charge >= 0.3 is 0 Å². The van der Waals surface area contributed by atoms with E-state index in [-0.39, 0.29) is 5.91 Å². The molecule has 0 bridgehead atoms. The van der Waals surface area contributed by atoms with Gasteiger partial charge in [-0.1, -0.05) is 30.3 Å². The van der Waals surface area contributed by atoms with Crippen molar-refractivity contribution < 1.29 is 14.3 Å². The van der Waals surface area contributed by atoms with E-state index < -0.39 is 0 Å². The number of fused-ring (bicyclic) bond motifs is 1. The number of anilines is 1. The molecule has 6 heteroatoms. The molecule has 3 aromatic rings. The minimum absolute atomic E-state index is 0.120. The van der Waals surface area contributed by atoms with Crippen LogP contribution >= 0.6 is 0 Å². The Bertz CT molecular complexity index is 956. The van der Waals surface area contributed by atoms with Crippen LogP contribution in [0, 0.1) is 0 Å². The Morgan fingerprint density at radius 2 is 2.00 bits per heavy atom. The number of aromatic nitrogens is 2. The van der Waals surface area contributed by atoms with Crippen LogP contribution in [0.5, 0.6) is 11.6 Å². The molecule has 2 aromatic heterocycles. The molecule has 0 atom stereocenters. The molecular formula is C21H19N3O3. The molecule has 0 fully saturated rings. The van der Waals surface area contributed by atoms with E-state index in [4.69, 9.17) is 9.47 Å². The predicted molar refractivity (Wildman–Crippen MR) is 102 cm³/mol. The average molecular weight is 361 g/mol. The second-order valence-electron chi connectivity index (χ2n) is 6.23. The van der Waals surface area contributed by atoms with Crippen LogP contribution in [-0.2, 0) is 17.6 Å². The summed E-state index contributed by atoms with van der Waals surface area (Å²) in [6, 6.07) is 13.4. The lowest BCUT2D eigenvalue weighted by molar-refractivity contribution is -0.115. The van der Waals surface area contributed by atoms with Crippen molar-refractivity contribution in [2.75, 3.05) is 19.0 Å². The maximum Gasteiger partial charge on any atom is 0.230 e. The molecule has 1 aromatic carbocycles. The van der Waals surface area contributed by atoms with Gasteiger partial charge in [0.05, 0.1) is 20.1 Å². The van der Waals surface area contributed by atoms with Gasteiger partial charge in [-0.15, -0.1) is 0 Å². The summed E-state index contributed by atoms with van der Waals surface area (Å²) in [7, 11) is 1.59. The zero-order chi connectivity index (χ0) is 18.6. The number of rotatable bonds is 5. The maximum absolute atomic E-state index is 12.4. The van der Waals surface area contributed by atoms with E-state index in [9.17, 15) is 4.79 Å². The van der Waals surface area contributed by atoms with Gasteiger partial charge < -0.3 is 14.8 Å². The SMILES string of the molecule is COc1ccc(-c2cnc(NC(=O)Cc3ccccc3)c3c2CCO3)cn1. The molecule has 6 nitrogen and oxygen atoms in total. The summed E-state index contributed by atoms with van der Waals surface area (Å²) in [5.74, 6) is 1.55. The van der Waals surface area contributed by atoms with Crippen LogP contribution in [0.2, 0.25) is 0 Å². The van der Waals surface area contributed by atoms with Crippen LogP contribution in [0.3, 0.4) is 0 Å². The summed E-state index contributed by atoms with van der Waals surface area (Å²) in [5, 5.41) is 2.88. The van der Waals surface area contributed by atoms with E-state index in [2.05, 4.69) is 15.3 Å². The number of pyridine rings is 2. The summed E-state index contributed by atoms with van der Waals surface area (Å²) in [5.41, 5.74) is 3.88. The first-order valence-corrected chi connectivity index (χ1v) is 8.73. The zero-order valence-electron chi connectivity index (χ0n) is 14.9. The minimum atomic E-state index is -0.120. The second kappa shape index (κ2) is 7.45. The molecule has 0 radical (unpaired) electrons. The number of methoxy groups -OCH3 is 1. The third kappa shape index (κ3) is 3.60. The van der Waals surface area contributed by atoms with Gasteiger partial charge in [0.25, 0.3) is 0 Å². The summed E-state index contributed by atoms with van der Waals surface area (Å²) in [6.45, 7) is 0.569. The Hall–Kier alpha value is -3.41. The summed E-state index contributed by atoms with van der Waals surface area (Å²) in [6.07, 6.45) is 4.57. The van der Waals surface area contributed by atoms with Gasteiger partial charge in [0, 0.05) is 41.6 Å². The van der Waals surface area contributed by atoms with E-state index in [1.54, 1.807) is 19.5 Å². The van der Waals surface area contributed by atoms with Gasteiger partial charge in [-0.05, 0) is 11.6 Å². The molecule has 1 aliphatic rings. The van der Waals surface area contributed by atoms with Crippen LogP contribution < -0.4 is 14.8 Å². The number of nitrogens with one attached hydrogen (secondary N) is 1. The molecule has 1 aliphatic heterocycles. The van der Waals surface area contributed by atoms with Crippen molar-refractivity contribution in [2.24, 2.45) is 0 Å². The molecule has 4 rings (SSSR count). The van der Waals surface area contributed by atoms with Crippen molar-refractivity contribution in [2.45, 2.75) is 12.8 Å². The van der Waals surface area contributed by atoms with Crippen molar-refractivity contribution in [3.8, 4) is 22.8 Å². The molecule has 0 unspecified atom stereocenters. The number of amides is 1. The lowest BCUT2D eigenvalue weighted by Gasteiger charge is -2.12. The molecule has 0 saturated carbocycles. The van der Waals surface area contributed by atoms with E-state index >= 15 is 0 Å². The lowest BCUT2D eigenvalue weighted by Crippen LogP contribution is -2.16. The summed E-state index contributed by atoms with van der Waals surface area (Å²) < 4.78 is 10.9.